The van der Waals surface area contributed by atoms with E-state index in [0.717, 1.165) is 43.9 Å². The molecule has 2 unspecified atom stereocenters. The van der Waals surface area contributed by atoms with Crippen LogP contribution >= 0.6 is 0 Å². The van der Waals surface area contributed by atoms with Crippen LogP contribution in [0.15, 0.2) is 18.2 Å². The Balaban J connectivity index is 2.31. The summed E-state index contributed by atoms with van der Waals surface area (Å²) < 4.78 is 19.0. The summed E-state index contributed by atoms with van der Waals surface area (Å²) in [5.74, 6) is -0.221. The largest absolute Gasteiger partial charge is 0.379 e. The molecule has 0 saturated carbocycles. The normalized spacial score (nSPS) is 21.4. The fourth-order valence-electron chi connectivity index (χ4n) is 3.00. The highest BCUT2D eigenvalue weighted by Crippen LogP contribution is 2.34. The lowest BCUT2D eigenvalue weighted by Crippen LogP contribution is -2.56. The van der Waals surface area contributed by atoms with Crippen molar-refractivity contribution in [2.45, 2.75) is 38.8 Å². The third-order valence-corrected chi connectivity index (χ3v) is 4.70. The van der Waals surface area contributed by atoms with Crippen molar-refractivity contribution >= 4 is 0 Å². The molecule has 0 spiro atoms. The van der Waals surface area contributed by atoms with Crippen LogP contribution in [0.25, 0.3) is 0 Å². The van der Waals surface area contributed by atoms with Gasteiger partial charge in [0.2, 0.25) is 0 Å². The molecular formula is C16H25FN2O. The lowest BCUT2D eigenvalue weighted by Gasteiger charge is -2.47. The highest BCUT2D eigenvalue weighted by Gasteiger charge is 2.38. The van der Waals surface area contributed by atoms with Crippen LogP contribution in [0.2, 0.25) is 0 Å². The van der Waals surface area contributed by atoms with Gasteiger partial charge >= 0.3 is 0 Å². The molecule has 20 heavy (non-hydrogen) atoms. The quantitative estimate of drug-likeness (QED) is 0.921. The van der Waals surface area contributed by atoms with E-state index in [1.807, 2.05) is 6.92 Å². The van der Waals surface area contributed by atoms with Crippen molar-refractivity contribution in [1.29, 1.82) is 0 Å². The van der Waals surface area contributed by atoms with Gasteiger partial charge in [-0.15, -0.1) is 0 Å². The molecule has 2 N–H and O–H groups in total. The first-order valence-corrected chi connectivity index (χ1v) is 7.33. The first-order chi connectivity index (χ1) is 9.49. The lowest BCUT2D eigenvalue weighted by atomic mass is 9.81. The number of hydrogen-bond donors (Lipinski definition) is 1. The van der Waals surface area contributed by atoms with Gasteiger partial charge in [-0.05, 0) is 43.5 Å². The van der Waals surface area contributed by atoms with Crippen LogP contribution in [0.3, 0.4) is 0 Å². The van der Waals surface area contributed by atoms with Crippen LogP contribution in [-0.4, -0.2) is 36.7 Å². The van der Waals surface area contributed by atoms with Gasteiger partial charge in [0.05, 0.1) is 13.2 Å². The van der Waals surface area contributed by atoms with Gasteiger partial charge in [0, 0.05) is 24.7 Å². The number of morpholine rings is 1. The van der Waals surface area contributed by atoms with Gasteiger partial charge in [0.1, 0.15) is 5.82 Å². The molecule has 1 heterocycles. The minimum absolute atomic E-state index is 0.178. The van der Waals surface area contributed by atoms with Crippen molar-refractivity contribution in [2.75, 3.05) is 26.3 Å². The minimum Gasteiger partial charge on any atom is -0.379 e. The number of ether oxygens (including phenoxy) is 1. The smallest absolute Gasteiger partial charge is 0.123 e. The second kappa shape index (κ2) is 6.20. The second-order valence-corrected chi connectivity index (χ2v) is 5.79. The molecule has 112 valence electrons. The molecule has 0 aromatic heterocycles. The summed E-state index contributed by atoms with van der Waals surface area (Å²) in [6.07, 6.45) is 0.921. The molecule has 4 heteroatoms. The van der Waals surface area contributed by atoms with E-state index in [2.05, 4.69) is 18.7 Å². The van der Waals surface area contributed by atoms with Crippen LogP contribution in [-0.2, 0) is 4.74 Å². The van der Waals surface area contributed by atoms with Crippen LogP contribution in [0.4, 0.5) is 4.39 Å². The maximum atomic E-state index is 13.6. The number of rotatable bonds is 4. The molecule has 1 aliphatic heterocycles. The number of nitrogens with zero attached hydrogens (tertiary/aromatic N) is 1. The van der Waals surface area contributed by atoms with E-state index in [0.29, 0.717) is 0 Å². The Labute approximate surface area is 120 Å². The van der Waals surface area contributed by atoms with Crippen LogP contribution in [0.5, 0.6) is 0 Å². The van der Waals surface area contributed by atoms with Gasteiger partial charge in [0.25, 0.3) is 0 Å². The zero-order chi connectivity index (χ0) is 14.8. The molecule has 0 radical (unpaired) electrons. The molecular weight excluding hydrogens is 255 g/mol. The summed E-state index contributed by atoms with van der Waals surface area (Å²) in [6.45, 7) is 9.55. The SMILES string of the molecule is CCC(C)(C(N)c1cc(F)ccc1C)N1CCOCC1. The van der Waals surface area contributed by atoms with E-state index >= 15 is 0 Å². The first-order valence-electron chi connectivity index (χ1n) is 7.33. The van der Waals surface area contributed by atoms with Gasteiger partial charge in [-0.3, -0.25) is 4.90 Å². The molecule has 1 aliphatic rings. The van der Waals surface area contributed by atoms with Gasteiger partial charge in [-0.2, -0.15) is 0 Å². The number of nitrogens with two attached hydrogens (primary N) is 1. The Hall–Kier alpha value is -0.970. The topological polar surface area (TPSA) is 38.5 Å². The van der Waals surface area contributed by atoms with Crippen molar-refractivity contribution in [3.8, 4) is 0 Å². The van der Waals surface area contributed by atoms with Gasteiger partial charge < -0.3 is 10.5 Å². The predicted molar refractivity (Wildman–Crippen MR) is 79.2 cm³/mol. The van der Waals surface area contributed by atoms with Crippen molar-refractivity contribution in [1.82, 2.24) is 4.90 Å². The Bertz CT molecular complexity index is 460. The number of hydrogen-bond acceptors (Lipinski definition) is 3. The van der Waals surface area contributed by atoms with E-state index in [4.69, 9.17) is 10.5 Å². The Morgan fingerprint density at radius 1 is 1.40 bits per heavy atom. The third-order valence-electron chi connectivity index (χ3n) is 4.70. The van der Waals surface area contributed by atoms with Crippen molar-refractivity contribution in [3.63, 3.8) is 0 Å². The Kier molecular flexibility index (Phi) is 4.78. The third kappa shape index (κ3) is 2.87. The Morgan fingerprint density at radius 2 is 2.05 bits per heavy atom. The summed E-state index contributed by atoms with van der Waals surface area (Å²) in [7, 11) is 0. The maximum absolute atomic E-state index is 13.6. The molecule has 2 atom stereocenters. The predicted octanol–water partition coefficient (Wildman–Crippen LogP) is 2.63. The second-order valence-electron chi connectivity index (χ2n) is 5.79. The van der Waals surface area contributed by atoms with E-state index in [1.165, 1.54) is 6.07 Å². The highest BCUT2D eigenvalue weighted by molar-refractivity contribution is 5.32. The average molecular weight is 280 g/mol. The first kappa shape index (κ1) is 15.4. The standard InChI is InChI=1S/C16H25FN2O/c1-4-16(3,19-7-9-20-10-8-19)15(18)14-11-13(17)6-5-12(14)2/h5-6,11,15H,4,7-10,18H2,1-3H3. The molecule has 1 aromatic carbocycles. The summed E-state index contributed by atoms with van der Waals surface area (Å²) >= 11 is 0. The highest BCUT2D eigenvalue weighted by atomic mass is 19.1. The number of halogens is 1. The average Bonchev–Trinajstić information content (AvgIpc) is 2.49. The molecule has 2 rings (SSSR count). The van der Waals surface area contributed by atoms with Gasteiger partial charge in [-0.25, -0.2) is 4.39 Å². The fourth-order valence-corrected chi connectivity index (χ4v) is 3.00. The van der Waals surface area contributed by atoms with E-state index in [9.17, 15) is 4.39 Å². The van der Waals surface area contributed by atoms with Crippen molar-refractivity contribution in [2.24, 2.45) is 5.73 Å². The summed E-state index contributed by atoms with van der Waals surface area (Å²) in [6, 6.07) is 4.67. The van der Waals surface area contributed by atoms with Crippen molar-refractivity contribution < 1.29 is 9.13 Å². The summed E-state index contributed by atoms with van der Waals surface area (Å²) in [5.41, 5.74) is 8.31. The minimum atomic E-state index is -0.221. The molecule has 1 fully saturated rings. The van der Waals surface area contributed by atoms with E-state index in [1.54, 1.807) is 12.1 Å². The molecule has 1 aromatic rings. The molecule has 0 aliphatic carbocycles. The van der Waals surface area contributed by atoms with Crippen LogP contribution in [0.1, 0.15) is 37.4 Å². The van der Waals surface area contributed by atoms with Gasteiger partial charge in [0.15, 0.2) is 0 Å². The van der Waals surface area contributed by atoms with E-state index < -0.39 is 0 Å². The monoisotopic (exact) mass is 280 g/mol. The van der Waals surface area contributed by atoms with Crippen LogP contribution in [0, 0.1) is 12.7 Å². The number of benzene rings is 1. The zero-order valence-corrected chi connectivity index (χ0v) is 12.7. The number of aryl methyl sites for hydroxylation is 1. The fraction of sp³-hybridized carbons (Fsp3) is 0.625. The summed E-state index contributed by atoms with van der Waals surface area (Å²) in [5, 5.41) is 0. The lowest BCUT2D eigenvalue weighted by molar-refractivity contribution is -0.0278. The van der Waals surface area contributed by atoms with Crippen molar-refractivity contribution in [3.05, 3.63) is 35.1 Å². The van der Waals surface area contributed by atoms with Gasteiger partial charge in [-0.1, -0.05) is 13.0 Å². The Morgan fingerprint density at radius 3 is 2.65 bits per heavy atom. The summed E-state index contributed by atoms with van der Waals surface area (Å²) in [4.78, 5) is 2.38. The molecule has 3 nitrogen and oxygen atoms in total. The molecule has 0 bridgehead atoms. The zero-order valence-electron chi connectivity index (χ0n) is 12.7. The molecule has 1 saturated heterocycles. The molecule has 0 amide bonds. The van der Waals surface area contributed by atoms with Crippen LogP contribution < -0.4 is 5.73 Å². The maximum Gasteiger partial charge on any atom is 0.123 e. The van der Waals surface area contributed by atoms with E-state index in [-0.39, 0.29) is 17.4 Å².